The molecule has 7 heteroatoms. The molecule has 2 heterocycles. The number of phenols is 1. The van der Waals surface area contributed by atoms with Crippen molar-refractivity contribution < 1.29 is 14.9 Å². The summed E-state index contributed by atoms with van der Waals surface area (Å²) >= 11 is 0. The van der Waals surface area contributed by atoms with E-state index in [1.165, 1.54) is 17.7 Å². The van der Waals surface area contributed by atoms with Gasteiger partial charge in [-0.1, -0.05) is 36.4 Å². The molecule has 33 heavy (non-hydrogen) atoms. The lowest BCUT2D eigenvalue weighted by atomic mass is 10.0. The highest BCUT2D eigenvalue weighted by Crippen LogP contribution is 2.28. The van der Waals surface area contributed by atoms with Crippen LogP contribution in [-0.4, -0.2) is 65.5 Å². The fourth-order valence-electron chi connectivity index (χ4n) is 4.43. The highest BCUT2D eigenvalue weighted by molar-refractivity contribution is 5.87. The molecule has 176 valence electrons. The van der Waals surface area contributed by atoms with Crippen molar-refractivity contribution in [3.05, 3.63) is 76.1 Å². The summed E-state index contributed by atoms with van der Waals surface area (Å²) in [5, 5.41) is 24.9. The first-order chi connectivity index (χ1) is 16.1. The lowest BCUT2D eigenvalue weighted by molar-refractivity contribution is 0.0914. The van der Waals surface area contributed by atoms with Crippen LogP contribution in [0.15, 0.2) is 59.4 Å². The first-order valence-electron chi connectivity index (χ1n) is 11.7. The number of hydrogen-bond donors (Lipinski definition) is 4. The maximum atomic E-state index is 11.6. The molecule has 1 atom stereocenters. The zero-order valence-electron chi connectivity index (χ0n) is 18.9. The van der Waals surface area contributed by atoms with Crippen LogP contribution in [0.2, 0.25) is 0 Å². The Hall–Kier alpha value is -2.71. The van der Waals surface area contributed by atoms with Crippen LogP contribution in [0.4, 0.5) is 0 Å². The molecule has 4 rings (SSSR count). The van der Waals surface area contributed by atoms with E-state index in [-0.39, 0.29) is 11.3 Å². The number of H-pyrrole nitrogens is 1. The molecule has 1 aliphatic rings. The van der Waals surface area contributed by atoms with E-state index in [0.29, 0.717) is 29.1 Å². The number of hydrogen-bond acceptors (Lipinski definition) is 6. The van der Waals surface area contributed by atoms with Crippen LogP contribution >= 0.6 is 0 Å². The number of aromatic amines is 1. The summed E-state index contributed by atoms with van der Waals surface area (Å²) in [7, 11) is 0. The van der Waals surface area contributed by atoms with E-state index in [2.05, 4.69) is 39.5 Å². The molecule has 7 nitrogen and oxygen atoms in total. The molecule has 0 bridgehead atoms. The Kier molecular flexibility index (Phi) is 8.12. The van der Waals surface area contributed by atoms with Gasteiger partial charge in [-0.25, -0.2) is 0 Å². The summed E-state index contributed by atoms with van der Waals surface area (Å²) in [4.78, 5) is 16.7. The third kappa shape index (κ3) is 6.42. The van der Waals surface area contributed by atoms with Crippen molar-refractivity contribution in [2.45, 2.75) is 31.4 Å². The number of aliphatic hydroxyl groups is 1. The number of fused-ring (bicyclic) bond motifs is 1. The minimum absolute atomic E-state index is 0.00280. The van der Waals surface area contributed by atoms with Crippen molar-refractivity contribution in [3.63, 3.8) is 0 Å². The van der Waals surface area contributed by atoms with Crippen molar-refractivity contribution in [1.29, 1.82) is 0 Å². The Morgan fingerprint density at radius 1 is 1.06 bits per heavy atom. The molecule has 0 spiro atoms. The Labute approximate surface area is 194 Å². The van der Waals surface area contributed by atoms with Crippen molar-refractivity contribution in [1.82, 2.24) is 15.2 Å². The number of ether oxygens (including phenoxy) is 1. The minimum atomic E-state index is -0.727. The van der Waals surface area contributed by atoms with Crippen LogP contribution in [0.5, 0.6) is 5.75 Å². The Bertz CT molecular complexity index is 1080. The van der Waals surface area contributed by atoms with Gasteiger partial charge < -0.3 is 30.2 Å². The molecular weight excluding hydrogens is 418 g/mol. The van der Waals surface area contributed by atoms with E-state index in [9.17, 15) is 15.0 Å². The molecule has 1 aliphatic heterocycles. The van der Waals surface area contributed by atoms with Crippen LogP contribution in [0.1, 0.15) is 30.1 Å². The van der Waals surface area contributed by atoms with Crippen LogP contribution in [0.3, 0.4) is 0 Å². The number of phenolic OH excluding ortho intramolecular Hbond substituents is 1. The van der Waals surface area contributed by atoms with Gasteiger partial charge in [-0.2, -0.15) is 0 Å². The third-order valence-corrected chi connectivity index (χ3v) is 6.38. The van der Waals surface area contributed by atoms with Gasteiger partial charge in [0.25, 0.3) is 0 Å². The van der Waals surface area contributed by atoms with Gasteiger partial charge in [-0.05, 0) is 55.6 Å². The highest BCUT2D eigenvalue weighted by atomic mass is 16.5. The normalized spacial score (nSPS) is 16.3. The molecule has 1 aromatic heterocycles. The Morgan fingerprint density at radius 2 is 1.85 bits per heavy atom. The predicted molar refractivity (Wildman–Crippen MR) is 130 cm³/mol. The molecule has 4 N–H and O–H groups in total. The van der Waals surface area contributed by atoms with Crippen molar-refractivity contribution in [2.75, 3.05) is 39.4 Å². The first kappa shape index (κ1) is 23.4. The number of aromatic hydroxyl groups is 1. The first-order valence-corrected chi connectivity index (χ1v) is 11.7. The second-order valence-corrected chi connectivity index (χ2v) is 8.67. The Morgan fingerprint density at radius 3 is 2.64 bits per heavy atom. The SMILES string of the molecule is O=c1ccc2c([C@@H](O)CNC3CCN(CCOCCc4ccccc4)CC3)ccc(O)c2[nH]1. The lowest BCUT2D eigenvalue weighted by Gasteiger charge is -2.32. The van der Waals surface area contributed by atoms with Crippen LogP contribution in [0.25, 0.3) is 10.9 Å². The largest absolute Gasteiger partial charge is 0.506 e. The third-order valence-electron chi connectivity index (χ3n) is 6.38. The second kappa shape index (κ2) is 11.4. The van der Waals surface area contributed by atoms with Gasteiger partial charge in [-0.15, -0.1) is 0 Å². The van der Waals surface area contributed by atoms with Gasteiger partial charge >= 0.3 is 0 Å². The standard InChI is InChI=1S/C26H33N3O4/c30-23-8-6-21(22-7-9-25(32)28-26(22)23)24(31)18-27-20-10-13-29(14-11-20)15-17-33-16-12-19-4-2-1-3-5-19/h1-9,20,24,27,30-31H,10-18H2,(H,28,32)/t24-/m0/s1. The Balaban J connectivity index is 1.17. The summed E-state index contributed by atoms with van der Waals surface area (Å²) in [6, 6.07) is 17.0. The lowest BCUT2D eigenvalue weighted by Crippen LogP contribution is -2.44. The van der Waals surface area contributed by atoms with Gasteiger partial charge in [0, 0.05) is 30.6 Å². The summed E-state index contributed by atoms with van der Waals surface area (Å²) in [5.74, 6) is 0.00280. The zero-order valence-corrected chi connectivity index (χ0v) is 18.9. The predicted octanol–water partition coefficient (Wildman–Crippen LogP) is 2.58. The number of benzene rings is 2. The van der Waals surface area contributed by atoms with E-state index < -0.39 is 6.10 Å². The summed E-state index contributed by atoms with van der Waals surface area (Å²) in [6.45, 7) is 4.89. The monoisotopic (exact) mass is 451 g/mol. The van der Waals surface area contributed by atoms with Crippen LogP contribution in [-0.2, 0) is 11.2 Å². The number of rotatable bonds is 10. The minimum Gasteiger partial charge on any atom is -0.506 e. The van der Waals surface area contributed by atoms with Crippen molar-refractivity contribution >= 4 is 10.9 Å². The zero-order chi connectivity index (χ0) is 23.0. The average Bonchev–Trinajstić information content (AvgIpc) is 2.84. The number of likely N-dealkylation sites (tertiary alicyclic amines) is 1. The maximum absolute atomic E-state index is 11.6. The van der Waals surface area contributed by atoms with Gasteiger partial charge in [0.1, 0.15) is 5.75 Å². The van der Waals surface area contributed by atoms with E-state index >= 15 is 0 Å². The quantitative estimate of drug-likeness (QED) is 0.354. The van der Waals surface area contributed by atoms with E-state index in [1.54, 1.807) is 12.1 Å². The van der Waals surface area contributed by atoms with Crippen LogP contribution < -0.4 is 10.9 Å². The molecule has 2 aromatic carbocycles. The molecule has 0 saturated carbocycles. The molecule has 3 aromatic rings. The number of aromatic nitrogens is 1. The second-order valence-electron chi connectivity index (χ2n) is 8.67. The summed E-state index contributed by atoms with van der Waals surface area (Å²) < 4.78 is 5.82. The number of nitrogens with one attached hydrogen (secondary N) is 2. The van der Waals surface area contributed by atoms with E-state index in [0.717, 1.165) is 52.1 Å². The number of piperidine rings is 1. The van der Waals surface area contributed by atoms with Gasteiger partial charge in [0.05, 0.1) is 24.8 Å². The average molecular weight is 452 g/mol. The van der Waals surface area contributed by atoms with Crippen LogP contribution in [0, 0.1) is 0 Å². The molecule has 1 fully saturated rings. The van der Waals surface area contributed by atoms with Gasteiger partial charge in [-0.3, -0.25) is 4.79 Å². The van der Waals surface area contributed by atoms with E-state index in [4.69, 9.17) is 4.74 Å². The smallest absolute Gasteiger partial charge is 0.248 e. The number of aliphatic hydroxyl groups excluding tert-OH is 1. The van der Waals surface area contributed by atoms with E-state index in [1.807, 2.05) is 6.07 Å². The fourth-order valence-corrected chi connectivity index (χ4v) is 4.43. The molecule has 0 amide bonds. The summed E-state index contributed by atoms with van der Waals surface area (Å²) in [5.41, 5.74) is 2.08. The van der Waals surface area contributed by atoms with Gasteiger partial charge in [0.2, 0.25) is 5.56 Å². The summed E-state index contributed by atoms with van der Waals surface area (Å²) in [6.07, 6.45) is 2.28. The maximum Gasteiger partial charge on any atom is 0.248 e. The topological polar surface area (TPSA) is 97.8 Å². The molecule has 0 radical (unpaired) electrons. The molecule has 0 aliphatic carbocycles. The molecular formula is C26H33N3O4. The highest BCUT2D eigenvalue weighted by Gasteiger charge is 2.20. The number of nitrogens with zero attached hydrogens (tertiary/aromatic N) is 1. The fraction of sp³-hybridized carbons (Fsp3) is 0.423. The molecule has 0 unspecified atom stereocenters. The van der Waals surface area contributed by atoms with Crippen molar-refractivity contribution in [3.8, 4) is 5.75 Å². The van der Waals surface area contributed by atoms with Gasteiger partial charge in [0.15, 0.2) is 0 Å². The van der Waals surface area contributed by atoms with Crippen molar-refractivity contribution in [2.24, 2.45) is 0 Å². The molecule has 1 saturated heterocycles. The number of pyridine rings is 1.